The van der Waals surface area contributed by atoms with Crippen LogP contribution in [-0.4, -0.2) is 50.1 Å². The lowest BCUT2D eigenvalue weighted by atomic mass is 10.0. The van der Waals surface area contributed by atoms with Gasteiger partial charge in [-0.1, -0.05) is 13.8 Å². The quantitative estimate of drug-likeness (QED) is 0.396. The molecule has 1 unspecified atom stereocenters. The zero-order valence-corrected chi connectivity index (χ0v) is 17.7. The maximum Gasteiger partial charge on any atom is 0.191 e. The molecule has 1 fully saturated rings. The molecule has 0 amide bonds. The molecular weight excluding hydrogens is 419 g/mol. The van der Waals surface area contributed by atoms with Crippen molar-refractivity contribution in [1.29, 1.82) is 0 Å². The number of aliphatic imine (C=N–C) groups is 1. The first-order valence-electron chi connectivity index (χ1n) is 8.44. The predicted molar refractivity (Wildman–Crippen MR) is 112 cm³/mol. The molecule has 132 valence electrons. The van der Waals surface area contributed by atoms with Gasteiger partial charge in [-0.25, -0.2) is 0 Å². The number of halogens is 1. The Balaban J connectivity index is 0.00000264. The number of nitrogens with one attached hydrogen (secondary N) is 2. The Labute approximate surface area is 162 Å². The Morgan fingerprint density at radius 1 is 1.43 bits per heavy atom. The van der Waals surface area contributed by atoms with Crippen molar-refractivity contribution in [2.24, 2.45) is 4.99 Å². The van der Waals surface area contributed by atoms with Crippen LogP contribution in [0.25, 0.3) is 0 Å². The summed E-state index contributed by atoms with van der Waals surface area (Å²) in [6.45, 7) is 9.07. The van der Waals surface area contributed by atoms with Crippen LogP contribution in [0.2, 0.25) is 0 Å². The summed E-state index contributed by atoms with van der Waals surface area (Å²) in [5.41, 5.74) is 1.40. The minimum atomic E-state index is 0. The molecule has 1 aromatic heterocycles. The van der Waals surface area contributed by atoms with Gasteiger partial charge in [0.25, 0.3) is 0 Å². The fourth-order valence-electron chi connectivity index (χ4n) is 2.93. The van der Waals surface area contributed by atoms with Gasteiger partial charge in [0.05, 0.1) is 0 Å². The number of hydrogen-bond acceptors (Lipinski definition) is 3. The number of thiophene rings is 1. The molecule has 1 atom stereocenters. The van der Waals surface area contributed by atoms with Crippen molar-refractivity contribution in [3.8, 4) is 0 Å². The highest BCUT2D eigenvalue weighted by Gasteiger charge is 2.19. The fourth-order valence-corrected chi connectivity index (χ4v) is 3.71. The van der Waals surface area contributed by atoms with Gasteiger partial charge in [-0.3, -0.25) is 4.99 Å². The SMILES string of the molecule is CCCN1CCC(NC(=NC)NCC(C)c2ccsc2)CC1.I. The lowest BCUT2D eigenvalue weighted by molar-refractivity contribution is 0.206. The zero-order valence-electron chi connectivity index (χ0n) is 14.5. The molecular formula is C17H31IN4S. The smallest absolute Gasteiger partial charge is 0.191 e. The summed E-state index contributed by atoms with van der Waals surface area (Å²) < 4.78 is 0. The summed E-state index contributed by atoms with van der Waals surface area (Å²) in [4.78, 5) is 6.94. The van der Waals surface area contributed by atoms with Gasteiger partial charge in [0.15, 0.2) is 5.96 Å². The first-order valence-corrected chi connectivity index (χ1v) is 9.38. The van der Waals surface area contributed by atoms with Crippen LogP contribution in [-0.2, 0) is 0 Å². The van der Waals surface area contributed by atoms with Crippen LogP contribution >= 0.6 is 35.3 Å². The van der Waals surface area contributed by atoms with Crippen LogP contribution in [0.5, 0.6) is 0 Å². The highest BCUT2D eigenvalue weighted by molar-refractivity contribution is 14.0. The van der Waals surface area contributed by atoms with Crippen molar-refractivity contribution in [1.82, 2.24) is 15.5 Å². The van der Waals surface area contributed by atoms with Gasteiger partial charge in [0.1, 0.15) is 0 Å². The molecule has 2 heterocycles. The highest BCUT2D eigenvalue weighted by Crippen LogP contribution is 2.17. The van der Waals surface area contributed by atoms with Crippen molar-refractivity contribution in [3.05, 3.63) is 22.4 Å². The molecule has 0 saturated carbocycles. The molecule has 0 aliphatic carbocycles. The van der Waals surface area contributed by atoms with Crippen LogP contribution in [0, 0.1) is 0 Å². The molecule has 23 heavy (non-hydrogen) atoms. The number of rotatable bonds is 6. The minimum Gasteiger partial charge on any atom is -0.356 e. The van der Waals surface area contributed by atoms with Crippen LogP contribution in [0.1, 0.15) is 44.6 Å². The molecule has 2 N–H and O–H groups in total. The predicted octanol–water partition coefficient (Wildman–Crippen LogP) is 3.51. The first-order chi connectivity index (χ1) is 10.7. The molecule has 0 aromatic carbocycles. The van der Waals surface area contributed by atoms with Gasteiger partial charge in [-0.05, 0) is 54.1 Å². The van der Waals surface area contributed by atoms with Gasteiger partial charge in [0.2, 0.25) is 0 Å². The number of guanidine groups is 1. The molecule has 6 heteroatoms. The lowest BCUT2D eigenvalue weighted by Crippen LogP contribution is -2.49. The second kappa shape index (κ2) is 11.3. The summed E-state index contributed by atoms with van der Waals surface area (Å²) in [5.74, 6) is 1.45. The largest absolute Gasteiger partial charge is 0.356 e. The number of likely N-dealkylation sites (tertiary alicyclic amines) is 1. The van der Waals surface area contributed by atoms with Gasteiger partial charge in [0, 0.05) is 32.7 Å². The number of nitrogens with zero attached hydrogens (tertiary/aromatic N) is 2. The molecule has 0 spiro atoms. The Hall–Kier alpha value is -0.340. The van der Waals surface area contributed by atoms with Crippen LogP contribution in [0.15, 0.2) is 21.8 Å². The third-order valence-corrected chi connectivity index (χ3v) is 5.08. The van der Waals surface area contributed by atoms with E-state index < -0.39 is 0 Å². The lowest BCUT2D eigenvalue weighted by Gasteiger charge is -2.33. The summed E-state index contributed by atoms with van der Waals surface area (Å²) in [6, 6.07) is 2.76. The first kappa shape index (κ1) is 20.7. The fraction of sp³-hybridized carbons (Fsp3) is 0.706. The number of piperidine rings is 1. The van der Waals surface area contributed by atoms with E-state index in [9.17, 15) is 0 Å². The van der Waals surface area contributed by atoms with Crippen LogP contribution in [0.3, 0.4) is 0 Å². The molecule has 1 saturated heterocycles. The maximum absolute atomic E-state index is 4.37. The third kappa shape index (κ3) is 6.97. The molecule has 0 radical (unpaired) electrons. The normalized spacial score (nSPS) is 18.3. The Morgan fingerprint density at radius 2 is 2.17 bits per heavy atom. The van der Waals surface area contributed by atoms with Crippen molar-refractivity contribution in [3.63, 3.8) is 0 Å². The van der Waals surface area contributed by atoms with E-state index in [1.54, 1.807) is 11.3 Å². The van der Waals surface area contributed by atoms with Crippen molar-refractivity contribution in [2.75, 3.05) is 33.2 Å². The summed E-state index contributed by atoms with van der Waals surface area (Å²) in [6.07, 6.45) is 3.67. The monoisotopic (exact) mass is 450 g/mol. The molecule has 4 nitrogen and oxygen atoms in total. The van der Waals surface area contributed by atoms with Gasteiger partial charge in [-0.15, -0.1) is 24.0 Å². The summed E-state index contributed by atoms with van der Waals surface area (Å²) in [5, 5.41) is 11.4. The summed E-state index contributed by atoms with van der Waals surface area (Å²) in [7, 11) is 1.86. The van der Waals surface area contributed by atoms with E-state index in [0.29, 0.717) is 12.0 Å². The van der Waals surface area contributed by atoms with Crippen molar-refractivity contribution in [2.45, 2.75) is 45.1 Å². The van der Waals surface area contributed by atoms with E-state index in [2.05, 4.69) is 51.2 Å². The summed E-state index contributed by atoms with van der Waals surface area (Å²) >= 11 is 1.76. The van der Waals surface area contributed by atoms with Crippen molar-refractivity contribution >= 4 is 41.3 Å². The highest BCUT2D eigenvalue weighted by atomic mass is 127. The molecule has 1 aliphatic rings. The topological polar surface area (TPSA) is 39.7 Å². The second-order valence-electron chi connectivity index (χ2n) is 6.17. The Kier molecular flexibility index (Phi) is 10.1. The zero-order chi connectivity index (χ0) is 15.8. The molecule has 1 aromatic rings. The van der Waals surface area contributed by atoms with E-state index in [-0.39, 0.29) is 24.0 Å². The van der Waals surface area contributed by atoms with Gasteiger partial charge >= 0.3 is 0 Å². The van der Waals surface area contributed by atoms with Crippen molar-refractivity contribution < 1.29 is 0 Å². The number of hydrogen-bond donors (Lipinski definition) is 2. The minimum absolute atomic E-state index is 0. The average Bonchev–Trinajstić information content (AvgIpc) is 3.07. The second-order valence-corrected chi connectivity index (χ2v) is 6.95. The molecule has 1 aliphatic heterocycles. The third-order valence-electron chi connectivity index (χ3n) is 4.38. The maximum atomic E-state index is 4.37. The molecule has 0 bridgehead atoms. The van der Waals surface area contributed by atoms with E-state index in [1.165, 1.54) is 44.5 Å². The average molecular weight is 450 g/mol. The van der Waals surface area contributed by atoms with E-state index >= 15 is 0 Å². The molecule has 2 rings (SSSR count). The van der Waals surface area contributed by atoms with Crippen LogP contribution in [0.4, 0.5) is 0 Å². The standard InChI is InChI=1S/C17H30N4S.HI/c1-4-8-21-9-5-16(6-10-21)20-17(18-3)19-12-14(2)15-7-11-22-13-15;/h7,11,13-14,16H,4-6,8-10,12H2,1-3H3,(H2,18,19,20);1H. The van der Waals surface area contributed by atoms with Gasteiger partial charge in [-0.2, -0.15) is 11.3 Å². The Morgan fingerprint density at radius 3 is 2.74 bits per heavy atom. The van der Waals surface area contributed by atoms with Crippen LogP contribution < -0.4 is 10.6 Å². The Bertz CT molecular complexity index is 441. The van der Waals surface area contributed by atoms with Gasteiger partial charge < -0.3 is 15.5 Å². The van der Waals surface area contributed by atoms with E-state index in [0.717, 1.165) is 12.5 Å². The van der Waals surface area contributed by atoms with E-state index in [1.807, 2.05) is 7.05 Å². The van der Waals surface area contributed by atoms with E-state index in [4.69, 9.17) is 0 Å².